The number of hydrogen-bond donors (Lipinski definition) is 1. The number of nitrogens with zero attached hydrogens (tertiary/aromatic N) is 2. The molecule has 0 radical (unpaired) electrons. The molecule has 1 saturated carbocycles. The van der Waals surface area contributed by atoms with Crippen molar-refractivity contribution < 1.29 is 4.39 Å². The molecule has 3 nitrogen and oxygen atoms in total. The minimum atomic E-state index is -0.225. The summed E-state index contributed by atoms with van der Waals surface area (Å²) in [5.74, 6) is -0.225. The Morgan fingerprint density at radius 3 is 3.05 bits per heavy atom. The largest absolute Gasteiger partial charge is 0.321 e. The number of halogens is 1. The van der Waals surface area contributed by atoms with Crippen molar-refractivity contribution in [3.63, 3.8) is 0 Å². The summed E-state index contributed by atoms with van der Waals surface area (Å²) in [5, 5.41) is 6.38. The van der Waals surface area contributed by atoms with Gasteiger partial charge in [-0.05, 0) is 31.0 Å². The highest BCUT2D eigenvalue weighted by Crippen LogP contribution is 2.27. The van der Waals surface area contributed by atoms with Crippen molar-refractivity contribution in [3.8, 4) is 0 Å². The molecule has 1 aliphatic rings. The first-order valence-electron chi connectivity index (χ1n) is 6.39. The van der Waals surface area contributed by atoms with E-state index in [1.165, 1.54) is 25.0 Å². The lowest BCUT2D eigenvalue weighted by Gasteiger charge is -2.15. The summed E-state index contributed by atoms with van der Waals surface area (Å²) in [4.78, 5) is 6.49. The van der Waals surface area contributed by atoms with Crippen molar-refractivity contribution in [2.75, 3.05) is 11.9 Å². The monoisotopic (exact) mass is 277 g/mol. The molecule has 1 aliphatic carbocycles. The molecule has 1 aromatic heterocycles. The first-order valence-corrected chi connectivity index (χ1v) is 7.27. The fourth-order valence-corrected chi connectivity index (χ4v) is 2.67. The van der Waals surface area contributed by atoms with Crippen LogP contribution in [-0.4, -0.2) is 18.1 Å². The molecular formula is C14H16FN3S. The van der Waals surface area contributed by atoms with Crippen LogP contribution >= 0.6 is 11.3 Å². The molecule has 0 amide bonds. The molecule has 5 heteroatoms. The van der Waals surface area contributed by atoms with Gasteiger partial charge in [0.1, 0.15) is 5.82 Å². The predicted octanol–water partition coefficient (Wildman–Crippen LogP) is 3.30. The van der Waals surface area contributed by atoms with Crippen molar-refractivity contribution in [1.29, 1.82) is 0 Å². The van der Waals surface area contributed by atoms with Crippen LogP contribution in [0.3, 0.4) is 0 Å². The SMILES string of the molecule is CN(c1cccc(F)c1)c1nc(CNC2CC2)cs1. The van der Waals surface area contributed by atoms with Gasteiger partial charge >= 0.3 is 0 Å². The third-order valence-corrected chi connectivity index (χ3v) is 4.14. The maximum Gasteiger partial charge on any atom is 0.189 e. The highest BCUT2D eigenvalue weighted by molar-refractivity contribution is 7.13. The van der Waals surface area contributed by atoms with E-state index in [9.17, 15) is 4.39 Å². The lowest BCUT2D eigenvalue weighted by Crippen LogP contribution is -2.16. The summed E-state index contributed by atoms with van der Waals surface area (Å²) >= 11 is 1.58. The Labute approximate surface area is 116 Å². The number of nitrogens with one attached hydrogen (secondary N) is 1. The number of anilines is 2. The molecule has 2 aromatic rings. The van der Waals surface area contributed by atoms with Gasteiger partial charge in [-0.1, -0.05) is 6.07 Å². The molecule has 19 heavy (non-hydrogen) atoms. The smallest absolute Gasteiger partial charge is 0.189 e. The van der Waals surface area contributed by atoms with Gasteiger partial charge in [0, 0.05) is 30.7 Å². The molecule has 0 saturated heterocycles. The standard InChI is InChI=1S/C14H16FN3S/c1-18(13-4-2-3-10(15)7-13)14-17-12(9-19-14)8-16-11-5-6-11/h2-4,7,9,11,16H,5-6,8H2,1H3. The Hall–Kier alpha value is -1.46. The van der Waals surface area contributed by atoms with Crippen LogP contribution in [0.15, 0.2) is 29.6 Å². The van der Waals surface area contributed by atoms with Crippen molar-refractivity contribution in [2.45, 2.75) is 25.4 Å². The van der Waals surface area contributed by atoms with Gasteiger partial charge in [-0.2, -0.15) is 0 Å². The highest BCUT2D eigenvalue weighted by atomic mass is 32.1. The van der Waals surface area contributed by atoms with Crippen molar-refractivity contribution in [2.24, 2.45) is 0 Å². The zero-order valence-electron chi connectivity index (χ0n) is 10.8. The third-order valence-electron chi connectivity index (χ3n) is 3.17. The molecule has 1 N–H and O–H groups in total. The van der Waals surface area contributed by atoms with E-state index < -0.39 is 0 Å². The van der Waals surface area contributed by atoms with Crippen LogP contribution in [0.5, 0.6) is 0 Å². The lowest BCUT2D eigenvalue weighted by molar-refractivity contribution is 0.628. The van der Waals surface area contributed by atoms with Gasteiger partial charge in [-0.3, -0.25) is 0 Å². The molecule has 1 fully saturated rings. The fraction of sp³-hybridized carbons (Fsp3) is 0.357. The van der Waals surface area contributed by atoms with Gasteiger partial charge in [-0.15, -0.1) is 11.3 Å². The Morgan fingerprint density at radius 2 is 2.32 bits per heavy atom. The van der Waals surface area contributed by atoms with Crippen LogP contribution in [0.1, 0.15) is 18.5 Å². The normalized spacial score (nSPS) is 14.6. The van der Waals surface area contributed by atoms with Gasteiger partial charge in [0.25, 0.3) is 0 Å². The summed E-state index contributed by atoms with van der Waals surface area (Å²) in [6.07, 6.45) is 2.56. The predicted molar refractivity (Wildman–Crippen MR) is 76.4 cm³/mol. The molecule has 0 bridgehead atoms. The van der Waals surface area contributed by atoms with E-state index in [0.717, 1.165) is 23.1 Å². The molecule has 3 rings (SSSR count). The van der Waals surface area contributed by atoms with Crippen LogP contribution in [0.25, 0.3) is 0 Å². The fourth-order valence-electron chi connectivity index (χ4n) is 1.86. The van der Waals surface area contributed by atoms with Crippen molar-refractivity contribution in [1.82, 2.24) is 10.3 Å². The van der Waals surface area contributed by atoms with Crippen LogP contribution < -0.4 is 10.2 Å². The second-order valence-electron chi connectivity index (χ2n) is 4.82. The van der Waals surface area contributed by atoms with Gasteiger partial charge in [0.15, 0.2) is 5.13 Å². The molecule has 0 atom stereocenters. The highest BCUT2D eigenvalue weighted by Gasteiger charge is 2.20. The van der Waals surface area contributed by atoms with E-state index in [-0.39, 0.29) is 5.82 Å². The van der Waals surface area contributed by atoms with Crippen LogP contribution in [0.2, 0.25) is 0 Å². The number of benzene rings is 1. The Morgan fingerprint density at radius 1 is 1.47 bits per heavy atom. The second kappa shape index (κ2) is 5.27. The average molecular weight is 277 g/mol. The molecule has 0 aliphatic heterocycles. The Kier molecular flexibility index (Phi) is 3.48. The summed E-state index contributed by atoms with van der Waals surface area (Å²) in [7, 11) is 1.91. The quantitative estimate of drug-likeness (QED) is 0.909. The summed E-state index contributed by atoms with van der Waals surface area (Å²) < 4.78 is 13.2. The van der Waals surface area contributed by atoms with Crippen LogP contribution in [-0.2, 0) is 6.54 Å². The molecular weight excluding hydrogens is 261 g/mol. The van der Waals surface area contributed by atoms with Gasteiger partial charge in [-0.25, -0.2) is 9.37 Å². The molecule has 0 unspecified atom stereocenters. The van der Waals surface area contributed by atoms with E-state index >= 15 is 0 Å². The summed E-state index contributed by atoms with van der Waals surface area (Å²) in [6.45, 7) is 0.818. The maximum atomic E-state index is 13.2. The van der Waals surface area contributed by atoms with Crippen molar-refractivity contribution in [3.05, 3.63) is 41.2 Å². The Balaban J connectivity index is 1.70. The first kappa shape index (κ1) is 12.6. The number of thiazole rings is 1. The maximum absolute atomic E-state index is 13.2. The Bertz CT molecular complexity index is 565. The minimum absolute atomic E-state index is 0.225. The molecule has 0 spiro atoms. The number of hydrogen-bond acceptors (Lipinski definition) is 4. The first-order chi connectivity index (χ1) is 9.22. The molecule has 1 heterocycles. The van der Waals surface area contributed by atoms with Gasteiger partial charge in [0.05, 0.1) is 5.69 Å². The van der Waals surface area contributed by atoms with E-state index in [1.807, 2.05) is 18.0 Å². The van der Waals surface area contributed by atoms with Gasteiger partial charge in [0.2, 0.25) is 0 Å². The molecule has 1 aromatic carbocycles. The van der Waals surface area contributed by atoms with E-state index in [2.05, 4.69) is 15.7 Å². The topological polar surface area (TPSA) is 28.2 Å². The van der Waals surface area contributed by atoms with E-state index in [4.69, 9.17) is 0 Å². The van der Waals surface area contributed by atoms with Crippen LogP contribution in [0.4, 0.5) is 15.2 Å². The summed E-state index contributed by atoms with van der Waals surface area (Å²) in [5.41, 5.74) is 1.87. The second-order valence-corrected chi connectivity index (χ2v) is 5.65. The summed E-state index contributed by atoms with van der Waals surface area (Å²) in [6, 6.07) is 7.25. The minimum Gasteiger partial charge on any atom is -0.321 e. The zero-order chi connectivity index (χ0) is 13.2. The number of rotatable bonds is 5. The lowest BCUT2D eigenvalue weighted by atomic mass is 10.3. The van der Waals surface area contributed by atoms with Crippen molar-refractivity contribution >= 4 is 22.2 Å². The van der Waals surface area contributed by atoms with Crippen LogP contribution in [0, 0.1) is 5.82 Å². The average Bonchev–Trinajstić information content (AvgIpc) is 3.13. The van der Waals surface area contributed by atoms with E-state index in [0.29, 0.717) is 6.04 Å². The van der Waals surface area contributed by atoms with Gasteiger partial charge < -0.3 is 10.2 Å². The molecule has 100 valence electrons. The zero-order valence-corrected chi connectivity index (χ0v) is 11.6. The number of aromatic nitrogens is 1. The third kappa shape index (κ3) is 3.11. The van der Waals surface area contributed by atoms with E-state index in [1.54, 1.807) is 17.4 Å².